The van der Waals surface area contributed by atoms with E-state index in [-0.39, 0.29) is 10.8 Å². The van der Waals surface area contributed by atoms with Crippen molar-refractivity contribution in [2.24, 2.45) is 0 Å². The van der Waals surface area contributed by atoms with Crippen molar-refractivity contribution < 1.29 is 13.2 Å². The number of carbonyl (C=O) groups excluding carboxylic acids is 1. The van der Waals surface area contributed by atoms with E-state index in [9.17, 15) is 13.2 Å². The van der Waals surface area contributed by atoms with Crippen molar-refractivity contribution in [3.05, 3.63) is 77.4 Å². The monoisotopic (exact) mass is 525 g/mol. The van der Waals surface area contributed by atoms with Gasteiger partial charge in [-0.15, -0.1) is 11.3 Å². The number of nitrogens with zero attached hydrogens (tertiary/aromatic N) is 3. The van der Waals surface area contributed by atoms with Crippen LogP contribution >= 0.6 is 22.9 Å². The Labute approximate surface area is 213 Å². The number of hydrogen-bond acceptors (Lipinski definition) is 5. The first-order valence-electron chi connectivity index (χ1n) is 11.4. The van der Waals surface area contributed by atoms with Gasteiger partial charge in [0.15, 0.2) is 15.5 Å². The fraction of sp³-hybridized carbons (Fsp3) is 0.231. The Kier molecular flexibility index (Phi) is 6.53. The molecule has 0 atom stereocenters. The second-order valence-corrected chi connectivity index (χ2v) is 12.1. The van der Waals surface area contributed by atoms with Gasteiger partial charge in [0.2, 0.25) is 0 Å². The number of para-hydroxylation sites is 1. The quantitative estimate of drug-likeness (QED) is 0.323. The van der Waals surface area contributed by atoms with E-state index in [1.807, 2.05) is 47.4 Å². The molecule has 2 aromatic heterocycles. The van der Waals surface area contributed by atoms with Crippen LogP contribution < -0.4 is 0 Å². The lowest BCUT2D eigenvalue weighted by Crippen LogP contribution is -2.35. The highest BCUT2D eigenvalue weighted by Crippen LogP contribution is 2.37. The van der Waals surface area contributed by atoms with Crippen LogP contribution in [0.2, 0.25) is 5.02 Å². The SMILES string of the molecule is CS(=O)(=O)c1cccc(-c2ccc(-c3cc(C(=O)N4CCCCC4)nn3-c3ccccc3Cl)s2)c1. The fourth-order valence-corrected chi connectivity index (χ4v) is 6.12. The molecule has 0 radical (unpaired) electrons. The molecule has 4 aromatic rings. The van der Waals surface area contributed by atoms with Crippen LogP contribution in [0.1, 0.15) is 29.8 Å². The summed E-state index contributed by atoms with van der Waals surface area (Å²) in [6.07, 6.45) is 4.35. The maximum absolute atomic E-state index is 13.2. The fourth-order valence-electron chi connectivity index (χ4n) is 4.24. The lowest BCUT2D eigenvalue weighted by Gasteiger charge is -2.25. The van der Waals surface area contributed by atoms with Gasteiger partial charge in [-0.1, -0.05) is 35.9 Å². The Morgan fingerprint density at radius 1 is 0.943 bits per heavy atom. The van der Waals surface area contributed by atoms with Crippen LogP contribution in [-0.4, -0.2) is 48.4 Å². The molecule has 35 heavy (non-hydrogen) atoms. The molecule has 1 fully saturated rings. The molecule has 1 aliphatic rings. The van der Waals surface area contributed by atoms with E-state index < -0.39 is 9.84 Å². The second-order valence-electron chi connectivity index (χ2n) is 8.59. The molecule has 0 unspecified atom stereocenters. The summed E-state index contributed by atoms with van der Waals surface area (Å²) in [5, 5.41) is 5.22. The zero-order chi connectivity index (χ0) is 24.6. The van der Waals surface area contributed by atoms with Gasteiger partial charge in [-0.05, 0) is 67.3 Å². The van der Waals surface area contributed by atoms with Crippen LogP contribution in [0.4, 0.5) is 0 Å². The van der Waals surface area contributed by atoms with E-state index >= 15 is 0 Å². The van der Waals surface area contributed by atoms with E-state index in [1.54, 1.807) is 28.9 Å². The molecule has 0 spiro atoms. The molecule has 2 aromatic carbocycles. The third-order valence-electron chi connectivity index (χ3n) is 6.06. The maximum Gasteiger partial charge on any atom is 0.274 e. The van der Waals surface area contributed by atoms with Crippen LogP contribution in [0.25, 0.3) is 26.7 Å². The van der Waals surface area contributed by atoms with Gasteiger partial charge in [-0.2, -0.15) is 5.10 Å². The molecule has 6 nitrogen and oxygen atoms in total. The van der Waals surface area contributed by atoms with Crippen molar-refractivity contribution in [1.29, 1.82) is 0 Å². The summed E-state index contributed by atoms with van der Waals surface area (Å²) in [6.45, 7) is 1.49. The molecule has 9 heteroatoms. The molecule has 180 valence electrons. The van der Waals surface area contributed by atoms with Crippen molar-refractivity contribution >= 4 is 38.7 Å². The normalized spacial score (nSPS) is 14.3. The van der Waals surface area contributed by atoms with E-state index in [0.29, 0.717) is 16.4 Å². The third-order valence-corrected chi connectivity index (χ3v) is 8.64. The van der Waals surface area contributed by atoms with E-state index in [1.165, 1.54) is 17.6 Å². The molecule has 5 rings (SSSR count). The lowest BCUT2D eigenvalue weighted by atomic mass is 10.1. The minimum Gasteiger partial charge on any atom is -0.337 e. The second kappa shape index (κ2) is 9.60. The summed E-state index contributed by atoms with van der Waals surface area (Å²) in [7, 11) is -3.31. The molecule has 0 aliphatic carbocycles. The number of rotatable bonds is 5. The highest BCUT2D eigenvalue weighted by molar-refractivity contribution is 7.90. The van der Waals surface area contributed by atoms with Crippen molar-refractivity contribution in [2.45, 2.75) is 24.2 Å². The number of aromatic nitrogens is 2. The summed E-state index contributed by atoms with van der Waals surface area (Å²) < 4.78 is 25.8. The Hall–Kier alpha value is -2.94. The van der Waals surface area contributed by atoms with Gasteiger partial charge in [0.05, 0.1) is 26.2 Å². The summed E-state index contributed by atoms with van der Waals surface area (Å²) in [6, 6.07) is 20.1. The molecular formula is C26H24ClN3O3S2. The number of halogens is 1. The molecular weight excluding hydrogens is 502 g/mol. The third kappa shape index (κ3) is 4.91. The number of sulfone groups is 1. The highest BCUT2D eigenvalue weighted by Gasteiger charge is 2.24. The molecule has 0 bridgehead atoms. The van der Waals surface area contributed by atoms with Gasteiger partial charge in [0.25, 0.3) is 5.91 Å². The number of carbonyl (C=O) groups is 1. The Morgan fingerprint density at radius 3 is 2.43 bits per heavy atom. The molecule has 1 amide bonds. The minimum atomic E-state index is -3.31. The van der Waals surface area contributed by atoms with Gasteiger partial charge in [0, 0.05) is 24.2 Å². The first-order chi connectivity index (χ1) is 16.8. The summed E-state index contributed by atoms with van der Waals surface area (Å²) in [4.78, 5) is 17.2. The molecule has 1 aliphatic heterocycles. The van der Waals surface area contributed by atoms with Crippen molar-refractivity contribution in [3.8, 4) is 26.7 Å². The van der Waals surface area contributed by atoms with Crippen LogP contribution in [0.15, 0.2) is 71.6 Å². The average Bonchev–Trinajstić information content (AvgIpc) is 3.52. The average molecular weight is 526 g/mol. The standard InChI is InChI=1S/C26H24ClN3O3S2/c1-35(32,33)19-9-7-8-18(16-19)24-12-13-25(34-24)23-17-21(26(31)29-14-5-2-6-15-29)28-30(23)22-11-4-3-10-20(22)27/h3-4,7-13,16-17H,2,5-6,14-15H2,1H3. The number of amides is 1. The predicted molar refractivity (Wildman–Crippen MR) is 140 cm³/mol. The first-order valence-corrected chi connectivity index (χ1v) is 14.4. The summed E-state index contributed by atoms with van der Waals surface area (Å²) in [5.74, 6) is -0.0746. The molecule has 0 N–H and O–H groups in total. The summed E-state index contributed by atoms with van der Waals surface area (Å²) >= 11 is 8.02. The Bertz CT molecular complexity index is 1500. The predicted octanol–water partition coefficient (Wildman–Crippen LogP) is 5.95. The number of benzene rings is 2. The van der Waals surface area contributed by atoms with Gasteiger partial charge < -0.3 is 4.90 Å². The van der Waals surface area contributed by atoms with Gasteiger partial charge in [0.1, 0.15) is 0 Å². The van der Waals surface area contributed by atoms with Gasteiger partial charge >= 0.3 is 0 Å². The minimum absolute atomic E-state index is 0.0746. The summed E-state index contributed by atoms with van der Waals surface area (Å²) in [5.41, 5.74) is 2.65. The zero-order valence-corrected chi connectivity index (χ0v) is 21.5. The van der Waals surface area contributed by atoms with Crippen molar-refractivity contribution in [2.75, 3.05) is 19.3 Å². The molecule has 3 heterocycles. The molecule has 0 saturated carbocycles. The van der Waals surface area contributed by atoms with E-state index in [0.717, 1.165) is 53.4 Å². The number of likely N-dealkylation sites (tertiary alicyclic amines) is 1. The Balaban J connectivity index is 1.58. The van der Waals surface area contributed by atoms with Gasteiger partial charge in [-0.3, -0.25) is 4.79 Å². The van der Waals surface area contributed by atoms with Gasteiger partial charge in [-0.25, -0.2) is 13.1 Å². The van der Waals surface area contributed by atoms with Crippen LogP contribution in [0.5, 0.6) is 0 Å². The topological polar surface area (TPSA) is 72.3 Å². The maximum atomic E-state index is 13.2. The number of thiophene rings is 1. The van der Waals surface area contributed by atoms with Crippen molar-refractivity contribution in [1.82, 2.24) is 14.7 Å². The van der Waals surface area contributed by atoms with Crippen molar-refractivity contribution in [3.63, 3.8) is 0 Å². The van der Waals surface area contributed by atoms with Crippen LogP contribution in [0, 0.1) is 0 Å². The smallest absolute Gasteiger partial charge is 0.274 e. The lowest BCUT2D eigenvalue weighted by molar-refractivity contribution is 0.0718. The largest absolute Gasteiger partial charge is 0.337 e. The number of hydrogen-bond donors (Lipinski definition) is 0. The van der Waals surface area contributed by atoms with Crippen LogP contribution in [-0.2, 0) is 9.84 Å². The highest BCUT2D eigenvalue weighted by atomic mass is 35.5. The van der Waals surface area contributed by atoms with E-state index in [2.05, 4.69) is 5.10 Å². The number of piperidine rings is 1. The Morgan fingerprint density at radius 2 is 1.69 bits per heavy atom. The first kappa shape index (κ1) is 23.8. The van der Waals surface area contributed by atoms with E-state index in [4.69, 9.17) is 11.6 Å². The zero-order valence-electron chi connectivity index (χ0n) is 19.1. The molecule has 1 saturated heterocycles. The van der Waals surface area contributed by atoms with Crippen LogP contribution in [0.3, 0.4) is 0 Å².